The minimum Gasteiger partial charge on any atom is -0.469 e. The SMILES string of the molecule is COC(=O)[C@@H]1C[C@H](OC)[C@H](NC(=O)OC(C)(C)C)C1. The Morgan fingerprint density at radius 2 is 1.79 bits per heavy atom. The van der Waals surface area contributed by atoms with Gasteiger partial charge in [-0.2, -0.15) is 0 Å². The molecule has 6 heteroatoms. The van der Waals surface area contributed by atoms with Crippen molar-refractivity contribution in [3.05, 3.63) is 0 Å². The minimum atomic E-state index is -0.549. The van der Waals surface area contributed by atoms with Gasteiger partial charge in [-0.3, -0.25) is 4.79 Å². The molecule has 1 rings (SSSR count). The first-order valence-corrected chi connectivity index (χ1v) is 6.37. The number of hydrogen-bond donors (Lipinski definition) is 1. The average Bonchev–Trinajstić information content (AvgIpc) is 2.68. The monoisotopic (exact) mass is 273 g/mol. The number of amides is 1. The van der Waals surface area contributed by atoms with E-state index in [4.69, 9.17) is 14.2 Å². The molecule has 0 radical (unpaired) electrons. The molecule has 1 saturated carbocycles. The Bertz CT molecular complexity index is 336. The molecule has 0 aromatic rings. The zero-order chi connectivity index (χ0) is 14.6. The highest BCUT2D eigenvalue weighted by atomic mass is 16.6. The van der Waals surface area contributed by atoms with Gasteiger partial charge in [-0.1, -0.05) is 0 Å². The second-order valence-electron chi connectivity index (χ2n) is 5.72. The summed E-state index contributed by atoms with van der Waals surface area (Å²) in [6.45, 7) is 5.39. The third kappa shape index (κ3) is 4.70. The lowest BCUT2D eigenvalue weighted by molar-refractivity contribution is -0.145. The number of methoxy groups -OCH3 is 2. The Balaban J connectivity index is 2.57. The second-order valence-corrected chi connectivity index (χ2v) is 5.72. The normalized spacial score (nSPS) is 26.9. The number of esters is 1. The highest BCUT2D eigenvalue weighted by Gasteiger charge is 2.40. The van der Waals surface area contributed by atoms with Crippen LogP contribution in [0.15, 0.2) is 0 Å². The maximum atomic E-state index is 11.7. The molecule has 0 saturated heterocycles. The molecule has 0 aromatic carbocycles. The van der Waals surface area contributed by atoms with E-state index in [0.717, 1.165) is 0 Å². The van der Waals surface area contributed by atoms with Crippen LogP contribution >= 0.6 is 0 Å². The molecule has 1 aliphatic rings. The Kier molecular flexibility index (Phi) is 5.17. The predicted octanol–water partition coefficient (Wildman–Crippen LogP) is 1.48. The highest BCUT2D eigenvalue weighted by Crippen LogP contribution is 2.29. The van der Waals surface area contributed by atoms with Crippen molar-refractivity contribution >= 4 is 12.1 Å². The van der Waals surface area contributed by atoms with Crippen LogP contribution in [0.1, 0.15) is 33.6 Å². The van der Waals surface area contributed by atoms with E-state index in [1.807, 2.05) is 0 Å². The summed E-state index contributed by atoms with van der Waals surface area (Å²) >= 11 is 0. The first-order valence-electron chi connectivity index (χ1n) is 6.37. The molecule has 0 bridgehead atoms. The first-order chi connectivity index (χ1) is 8.76. The van der Waals surface area contributed by atoms with Crippen molar-refractivity contribution in [3.63, 3.8) is 0 Å². The van der Waals surface area contributed by atoms with Crippen molar-refractivity contribution in [1.82, 2.24) is 5.32 Å². The number of rotatable bonds is 3. The lowest BCUT2D eigenvalue weighted by atomic mass is 10.1. The van der Waals surface area contributed by atoms with Gasteiger partial charge < -0.3 is 19.5 Å². The van der Waals surface area contributed by atoms with Crippen LogP contribution in [0.2, 0.25) is 0 Å². The molecule has 110 valence electrons. The van der Waals surface area contributed by atoms with Gasteiger partial charge >= 0.3 is 12.1 Å². The Morgan fingerprint density at radius 1 is 1.16 bits per heavy atom. The van der Waals surface area contributed by atoms with Crippen molar-refractivity contribution in [2.45, 2.75) is 51.4 Å². The average molecular weight is 273 g/mol. The fourth-order valence-corrected chi connectivity index (χ4v) is 2.23. The molecule has 19 heavy (non-hydrogen) atoms. The van der Waals surface area contributed by atoms with Gasteiger partial charge in [-0.05, 0) is 33.6 Å². The standard InChI is InChI=1S/C13H23NO5/c1-13(2,3)19-12(16)14-9-6-8(11(15)18-5)7-10(9)17-4/h8-10H,6-7H2,1-5H3,(H,14,16)/t8-,9+,10-/m0/s1. The van der Waals surface area contributed by atoms with Crippen molar-refractivity contribution in [3.8, 4) is 0 Å². The third-order valence-corrected chi connectivity index (χ3v) is 3.04. The molecular weight excluding hydrogens is 250 g/mol. The van der Waals surface area contributed by atoms with Crippen molar-refractivity contribution < 1.29 is 23.8 Å². The summed E-state index contributed by atoms with van der Waals surface area (Å²) < 4.78 is 15.2. The third-order valence-electron chi connectivity index (χ3n) is 3.04. The van der Waals surface area contributed by atoms with E-state index in [0.29, 0.717) is 12.8 Å². The number of carbonyl (C=O) groups is 2. The maximum absolute atomic E-state index is 11.7. The number of nitrogens with one attached hydrogen (secondary N) is 1. The number of ether oxygens (including phenoxy) is 3. The molecule has 3 atom stereocenters. The molecule has 1 fully saturated rings. The lowest BCUT2D eigenvalue weighted by Gasteiger charge is -2.24. The summed E-state index contributed by atoms with van der Waals surface area (Å²) in [5.74, 6) is -0.509. The Hall–Kier alpha value is -1.30. The summed E-state index contributed by atoms with van der Waals surface area (Å²) in [5, 5.41) is 2.75. The molecular formula is C13H23NO5. The van der Waals surface area contributed by atoms with Crippen LogP contribution in [-0.4, -0.2) is 44.0 Å². The van der Waals surface area contributed by atoms with Crippen LogP contribution in [0.3, 0.4) is 0 Å². The Morgan fingerprint density at radius 3 is 2.26 bits per heavy atom. The van der Waals surface area contributed by atoms with E-state index in [9.17, 15) is 9.59 Å². The fourth-order valence-electron chi connectivity index (χ4n) is 2.23. The van der Waals surface area contributed by atoms with Gasteiger partial charge in [0.05, 0.1) is 25.2 Å². The summed E-state index contributed by atoms with van der Waals surface area (Å²) in [4.78, 5) is 23.2. The molecule has 1 amide bonds. The summed E-state index contributed by atoms with van der Waals surface area (Å²) in [5.41, 5.74) is -0.549. The number of carbonyl (C=O) groups excluding carboxylic acids is 2. The molecule has 1 aliphatic carbocycles. The van der Waals surface area contributed by atoms with Crippen LogP contribution in [0.25, 0.3) is 0 Å². The van der Waals surface area contributed by atoms with Crippen molar-refractivity contribution in [2.24, 2.45) is 5.92 Å². The van der Waals surface area contributed by atoms with E-state index < -0.39 is 11.7 Å². The fraction of sp³-hybridized carbons (Fsp3) is 0.846. The summed E-state index contributed by atoms with van der Waals surface area (Å²) in [6.07, 6.45) is 0.357. The van der Waals surface area contributed by atoms with Crippen LogP contribution in [0, 0.1) is 5.92 Å². The second kappa shape index (κ2) is 6.23. The summed E-state index contributed by atoms with van der Waals surface area (Å²) in [6, 6.07) is -0.232. The van der Waals surface area contributed by atoms with Gasteiger partial charge in [-0.15, -0.1) is 0 Å². The van der Waals surface area contributed by atoms with Gasteiger partial charge in [0.2, 0.25) is 0 Å². The van der Waals surface area contributed by atoms with E-state index in [1.165, 1.54) is 7.11 Å². The Labute approximate surface area is 113 Å². The minimum absolute atomic E-state index is 0.198. The topological polar surface area (TPSA) is 73.9 Å². The zero-order valence-electron chi connectivity index (χ0n) is 12.2. The quantitative estimate of drug-likeness (QED) is 0.788. The molecule has 0 aliphatic heterocycles. The van der Waals surface area contributed by atoms with E-state index >= 15 is 0 Å². The number of alkyl carbamates (subject to hydrolysis) is 1. The maximum Gasteiger partial charge on any atom is 0.407 e. The van der Waals surface area contributed by atoms with Gasteiger partial charge in [-0.25, -0.2) is 4.79 Å². The van der Waals surface area contributed by atoms with Gasteiger partial charge in [0, 0.05) is 7.11 Å². The predicted molar refractivity (Wildman–Crippen MR) is 68.7 cm³/mol. The van der Waals surface area contributed by atoms with Crippen LogP contribution in [0.5, 0.6) is 0 Å². The summed E-state index contributed by atoms with van der Waals surface area (Å²) in [7, 11) is 2.92. The molecule has 6 nitrogen and oxygen atoms in total. The van der Waals surface area contributed by atoms with Crippen molar-refractivity contribution in [2.75, 3.05) is 14.2 Å². The van der Waals surface area contributed by atoms with Crippen LogP contribution < -0.4 is 5.32 Å². The van der Waals surface area contributed by atoms with Gasteiger partial charge in [0.15, 0.2) is 0 Å². The van der Waals surface area contributed by atoms with E-state index in [2.05, 4.69) is 5.32 Å². The molecule has 0 spiro atoms. The molecule has 0 unspecified atom stereocenters. The van der Waals surface area contributed by atoms with Crippen LogP contribution in [-0.2, 0) is 19.0 Å². The van der Waals surface area contributed by atoms with E-state index in [1.54, 1.807) is 27.9 Å². The van der Waals surface area contributed by atoms with Crippen LogP contribution in [0.4, 0.5) is 4.79 Å². The van der Waals surface area contributed by atoms with Gasteiger partial charge in [0.25, 0.3) is 0 Å². The molecule has 1 N–H and O–H groups in total. The zero-order valence-corrected chi connectivity index (χ0v) is 12.2. The number of hydrogen-bond acceptors (Lipinski definition) is 5. The molecule has 0 aromatic heterocycles. The van der Waals surface area contributed by atoms with E-state index in [-0.39, 0.29) is 24.0 Å². The highest BCUT2D eigenvalue weighted by molar-refractivity contribution is 5.73. The smallest absolute Gasteiger partial charge is 0.407 e. The lowest BCUT2D eigenvalue weighted by Crippen LogP contribution is -2.43. The first kappa shape index (κ1) is 15.8. The van der Waals surface area contributed by atoms with Crippen molar-refractivity contribution in [1.29, 1.82) is 0 Å². The molecule has 0 heterocycles. The largest absolute Gasteiger partial charge is 0.469 e. The van der Waals surface area contributed by atoms with Gasteiger partial charge in [0.1, 0.15) is 5.60 Å².